The van der Waals surface area contributed by atoms with E-state index in [2.05, 4.69) is 29.4 Å². The number of nitrogens with zero attached hydrogens (tertiary/aromatic N) is 1. The Morgan fingerprint density at radius 1 is 0.921 bits per heavy atom. The van der Waals surface area contributed by atoms with Gasteiger partial charge in [-0.3, -0.25) is 4.79 Å². The van der Waals surface area contributed by atoms with Crippen molar-refractivity contribution in [3.63, 3.8) is 0 Å². The van der Waals surface area contributed by atoms with Gasteiger partial charge in [0.15, 0.2) is 28.1 Å². The van der Waals surface area contributed by atoms with Gasteiger partial charge in [0.2, 0.25) is 6.79 Å². The first-order valence-corrected chi connectivity index (χ1v) is 12.9. The number of thiocarbonyl (C=S) groups is 1. The van der Waals surface area contributed by atoms with Crippen LogP contribution in [-0.4, -0.2) is 35.0 Å². The van der Waals surface area contributed by atoms with Crippen molar-refractivity contribution in [1.82, 2.24) is 15.2 Å². The summed E-state index contributed by atoms with van der Waals surface area (Å²) in [5.41, 5.74) is 3.22. The second-order valence-corrected chi connectivity index (χ2v) is 9.72. The van der Waals surface area contributed by atoms with Gasteiger partial charge < -0.3 is 34.1 Å². The van der Waals surface area contributed by atoms with E-state index in [0.717, 1.165) is 22.3 Å². The number of benzene rings is 3. The molecule has 2 N–H and O–H groups in total. The molecule has 0 radical (unpaired) electrons. The highest BCUT2D eigenvalue weighted by Crippen LogP contribution is 2.34. The van der Waals surface area contributed by atoms with Crippen molar-refractivity contribution in [3.8, 4) is 23.0 Å². The van der Waals surface area contributed by atoms with Crippen molar-refractivity contribution < 1.29 is 18.9 Å². The molecule has 3 heterocycles. The van der Waals surface area contributed by atoms with Crippen LogP contribution in [0.5, 0.6) is 23.0 Å². The lowest BCUT2D eigenvalue weighted by molar-refractivity contribution is 0.172. The molecule has 2 aliphatic heterocycles. The average molecular weight is 530 g/mol. The number of ether oxygens (including phenoxy) is 4. The van der Waals surface area contributed by atoms with Crippen molar-refractivity contribution in [2.24, 2.45) is 0 Å². The van der Waals surface area contributed by atoms with E-state index in [-0.39, 0.29) is 18.4 Å². The van der Waals surface area contributed by atoms with Gasteiger partial charge >= 0.3 is 0 Å². The van der Waals surface area contributed by atoms with E-state index in [0.29, 0.717) is 59.7 Å². The lowest BCUT2D eigenvalue weighted by atomic mass is 10.1. The number of hydrogen-bond donors (Lipinski definition) is 2. The first-order valence-electron chi connectivity index (χ1n) is 12.5. The third kappa shape index (κ3) is 4.97. The number of nitrogens with one attached hydrogen (secondary N) is 2. The van der Waals surface area contributed by atoms with Crippen molar-refractivity contribution in [3.05, 3.63) is 93.8 Å². The summed E-state index contributed by atoms with van der Waals surface area (Å²) in [5.74, 6) is 2.73. The standard InChI is InChI=1S/C29H27N3O5S/c1-18(20-5-3-2-4-6-20)30-29(38)32(15-19-7-8-24-25(11-19)37-17-36-24)16-22-12-21-13-26-27(35-10-9-34-26)14-23(21)31-28(22)33/h2-8,11-14,18H,9-10,15-17H2,1H3,(H,30,38)(H,31,33). The minimum atomic E-state index is -0.177. The molecule has 8 nitrogen and oxygen atoms in total. The molecule has 0 saturated carbocycles. The normalized spacial score (nSPS) is 14.2. The highest BCUT2D eigenvalue weighted by atomic mass is 32.1. The lowest BCUT2D eigenvalue weighted by Gasteiger charge is -2.28. The van der Waals surface area contributed by atoms with Crippen LogP contribution in [0.3, 0.4) is 0 Å². The summed E-state index contributed by atoms with van der Waals surface area (Å²) < 4.78 is 22.4. The first-order chi connectivity index (χ1) is 18.5. The van der Waals surface area contributed by atoms with Gasteiger partial charge in [0.1, 0.15) is 13.2 Å². The summed E-state index contributed by atoms with van der Waals surface area (Å²) in [4.78, 5) is 18.1. The second kappa shape index (κ2) is 10.3. The van der Waals surface area contributed by atoms with Crippen LogP contribution in [-0.2, 0) is 13.1 Å². The monoisotopic (exact) mass is 529 g/mol. The van der Waals surface area contributed by atoms with Gasteiger partial charge in [-0.25, -0.2) is 0 Å². The molecule has 0 amide bonds. The van der Waals surface area contributed by atoms with Crippen molar-refractivity contribution in [2.45, 2.75) is 26.1 Å². The van der Waals surface area contributed by atoms with E-state index in [1.165, 1.54) is 0 Å². The van der Waals surface area contributed by atoms with E-state index in [1.54, 1.807) is 0 Å². The molecule has 38 heavy (non-hydrogen) atoms. The van der Waals surface area contributed by atoms with Crippen molar-refractivity contribution in [1.29, 1.82) is 0 Å². The molecule has 0 aliphatic carbocycles. The number of aromatic amines is 1. The average Bonchev–Trinajstić information content (AvgIpc) is 3.40. The molecule has 194 valence electrons. The first kappa shape index (κ1) is 24.1. The third-order valence-electron chi connectivity index (χ3n) is 6.68. The molecule has 1 atom stereocenters. The van der Waals surface area contributed by atoms with Gasteiger partial charge in [-0.2, -0.15) is 0 Å². The number of pyridine rings is 1. The fourth-order valence-electron chi connectivity index (χ4n) is 4.67. The van der Waals surface area contributed by atoms with Crippen LogP contribution >= 0.6 is 12.2 Å². The van der Waals surface area contributed by atoms with Gasteiger partial charge in [-0.05, 0) is 54.5 Å². The maximum absolute atomic E-state index is 13.2. The zero-order valence-electron chi connectivity index (χ0n) is 20.9. The van der Waals surface area contributed by atoms with Crippen molar-refractivity contribution in [2.75, 3.05) is 20.0 Å². The minimum absolute atomic E-state index is 0.0125. The molecule has 6 rings (SSSR count). The molecule has 3 aromatic carbocycles. The zero-order chi connectivity index (χ0) is 26.1. The van der Waals surface area contributed by atoms with E-state index in [4.69, 9.17) is 31.2 Å². The Kier molecular flexibility index (Phi) is 6.51. The van der Waals surface area contributed by atoms with Gasteiger partial charge in [0.25, 0.3) is 5.56 Å². The Morgan fingerprint density at radius 3 is 2.47 bits per heavy atom. The molecule has 2 aliphatic rings. The van der Waals surface area contributed by atoms with Gasteiger partial charge in [-0.15, -0.1) is 0 Å². The third-order valence-corrected chi connectivity index (χ3v) is 7.06. The van der Waals surface area contributed by atoms with Crippen LogP contribution in [0.15, 0.2) is 71.5 Å². The van der Waals surface area contributed by atoms with E-state index in [1.807, 2.05) is 59.5 Å². The summed E-state index contributed by atoms with van der Waals surface area (Å²) in [6.07, 6.45) is 0. The molecule has 0 spiro atoms. The predicted octanol–water partition coefficient (Wildman–Crippen LogP) is 4.67. The van der Waals surface area contributed by atoms with Crippen LogP contribution < -0.4 is 29.8 Å². The Hall–Kier alpha value is -4.24. The van der Waals surface area contributed by atoms with Crippen LogP contribution in [0.2, 0.25) is 0 Å². The highest BCUT2D eigenvalue weighted by molar-refractivity contribution is 7.80. The van der Waals surface area contributed by atoms with E-state index >= 15 is 0 Å². The molecule has 1 unspecified atom stereocenters. The minimum Gasteiger partial charge on any atom is -0.486 e. The molecule has 0 saturated heterocycles. The maximum Gasteiger partial charge on any atom is 0.253 e. The van der Waals surface area contributed by atoms with Gasteiger partial charge in [-0.1, -0.05) is 36.4 Å². The van der Waals surface area contributed by atoms with E-state index in [9.17, 15) is 4.79 Å². The number of fused-ring (bicyclic) bond motifs is 3. The van der Waals surface area contributed by atoms with Crippen LogP contribution in [0, 0.1) is 0 Å². The molecule has 9 heteroatoms. The summed E-state index contributed by atoms with van der Waals surface area (Å²) in [5, 5.41) is 4.85. The SMILES string of the molecule is CC(NC(=S)N(Cc1ccc2c(c1)OCO2)Cc1cc2cc3c(cc2[nH]c1=O)OCCO3)c1ccccc1. The lowest BCUT2D eigenvalue weighted by Crippen LogP contribution is -2.41. The zero-order valence-corrected chi connectivity index (χ0v) is 21.7. The Balaban J connectivity index is 1.30. The largest absolute Gasteiger partial charge is 0.486 e. The molecular formula is C29H27N3O5S. The van der Waals surface area contributed by atoms with Gasteiger partial charge in [0.05, 0.1) is 18.1 Å². The van der Waals surface area contributed by atoms with Crippen LogP contribution in [0.25, 0.3) is 10.9 Å². The number of rotatable bonds is 6. The number of aromatic nitrogens is 1. The molecular weight excluding hydrogens is 502 g/mol. The van der Waals surface area contributed by atoms with Crippen LogP contribution in [0.4, 0.5) is 0 Å². The van der Waals surface area contributed by atoms with Crippen molar-refractivity contribution >= 4 is 28.2 Å². The summed E-state index contributed by atoms with van der Waals surface area (Å²) in [6.45, 7) is 4.04. The topological polar surface area (TPSA) is 85.1 Å². The fraction of sp³-hybridized carbons (Fsp3) is 0.241. The molecule has 4 aromatic rings. The second-order valence-electron chi connectivity index (χ2n) is 9.33. The fourth-order valence-corrected chi connectivity index (χ4v) is 4.98. The Bertz CT molecular complexity index is 1560. The Morgan fingerprint density at radius 2 is 1.66 bits per heavy atom. The highest BCUT2D eigenvalue weighted by Gasteiger charge is 2.20. The number of H-pyrrole nitrogens is 1. The smallest absolute Gasteiger partial charge is 0.253 e. The summed E-state index contributed by atoms with van der Waals surface area (Å²) >= 11 is 5.88. The predicted molar refractivity (Wildman–Crippen MR) is 148 cm³/mol. The summed E-state index contributed by atoms with van der Waals surface area (Å²) in [6, 6.07) is 21.5. The number of hydrogen-bond acceptors (Lipinski definition) is 6. The Labute approximate surface area is 225 Å². The molecule has 1 aromatic heterocycles. The quantitative estimate of drug-likeness (QED) is 0.349. The summed E-state index contributed by atoms with van der Waals surface area (Å²) in [7, 11) is 0. The van der Waals surface area contributed by atoms with E-state index < -0.39 is 0 Å². The van der Waals surface area contributed by atoms with Crippen LogP contribution in [0.1, 0.15) is 29.7 Å². The molecule has 0 bridgehead atoms. The molecule has 0 fully saturated rings. The maximum atomic E-state index is 13.2. The van der Waals surface area contributed by atoms with Gasteiger partial charge in [0, 0.05) is 23.6 Å².